The van der Waals surface area contributed by atoms with Gasteiger partial charge in [0.1, 0.15) is 5.75 Å². The van der Waals surface area contributed by atoms with Crippen molar-refractivity contribution in [3.63, 3.8) is 0 Å². The normalized spacial score (nSPS) is 11.0. The van der Waals surface area contributed by atoms with Crippen LogP contribution in [0.2, 0.25) is 0 Å². The Morgan fingerprint density at radius 1 is 1.33 bits per heavy atom. The molecule has 0 aliphatic carbocycles. The SMILES string of the molecule is CCC(CC)NC(=O)COc1cc(C(C)C)sc1C(=O)O. The highest BCUT2D eigenvalue weighted by Gasteiger charge is 2.19. The summed E-state index contributed by atoms with van der Waals surface area (Å²) in [4.78, 5) is 24.1. The van der Waals surface area contributed by atoms with Crippen molar-refractivity contribution in [2.45, 2.75) is 52.5 Å². The molecule has 0 aromatic carbocycles. The van der Waals surface area contributed by atoms with Gasteiger partial charge in [0.15, 0.2) is 11.5 Å². The summed E-state index contributed by atoms with van der Waals surface area (Å²) in [5.41, 5.74) is 0. The van der Waals surface area contributed by atoms with E-state index in [1.807, 2.05) is 27.7 Å². The van der Waals surface area contributed by atoms with Crippen molar-refractivity contribution < 1.29 is 19.4 Å². The number of carbonyl (C=O) groups is 2. The number of hydrogen-bond acceptors (Lipinski definition) is 4. The predicted octanol–water partition coefficient (Wildman–Crippen LogP) is 3.25. The highest BCUT2D eigenvalue weighted by atomic mass is 32.1. The van der Waals surface area contributed by atoms with Gasteiger partial charge in [-0.05, 0) is 24.8 Å². The van der Waals surface area contributed by atoms with Crippen molar-refractivity contribution >= 4 is 23.2 Å². The van der Waals surface area contributed by atoms with Gasteiger partial charge in [0.25, 0.3) is 5.91 Å². The highest BCUT2D eigenvalue weighted by molar-refractivity contribution is 7.14. The van der Waals surface area contributed by atoms with E-state index in [1.54, 1.807) is 6.07 Å². The van der Waals surface area contributed by atoms with Crippen molar-refractivity contribution in [1.29, 1.82) is 0 Å². The van der Waals surface area contributed by atoms with Crippen molar-refractivity contribution in [2.24, 2.45) is 0 Å². The van der Waals surface area contributed by atoms with E-state index in [1.165, 1.54) is 11.3 Å². The van der Waals surface area contributed by atoms with Gasteiger partial charge in [-0.2, -0.15) is 0 Å². The molecule has 118 valence electrons. The molecule has 2 N–H and O–H groups in total. The van der Waals surface area contributed by atoms with E-state index in [2.05, 4.69) is 5.32 Å². The lowest BCUT2D eigenvalue weighted by Crippen LogP contribution is -2.37. The fraction of sp³-hybridized carbons (Fsp3) is 0.600. The topological polar surface area (TPSA) is 75.6 Å². The summed E-state index contributed by atoms with van der Waals surface area (Å²) in [6.07, 6.45) is 1.72. The first-order chi connectivity index (χ1) is 9.88. The Morgan fingerprint density at radius 3 is 2.43 bits per heavy atom. The zero-order chi connectivity index (χ0) is 16.0. The Labute approximate surface area is 129 Å². The first kappa shape index (κ1) is 17.5. The van der Waals surface area contributed by atoms with Gasteiger partial charge >= 0.3 is 5.97 Å². The highest BCUT2D eigenvalue weighted by Crippen LogP contribution is 2.33. The smallest absolute Gasteiger partial charge is 0.349 e. The van der Waals surface area contributed by atoms with Crippen LogP contribution in [0.15, 0.2) is 6.07 Å². The number of carbonyl (C=O) groups excluding carboxylic acids is 1. The Morgan fingerprint density at radius 2 is 1.95 bits per heavy atom. The molecule has 0 atom stereocenters. The lowest BCUT2D eigenvalue weighted by molar-refractivity contribution is -0.123. The third-order valence-electron chi connectivity index (χ3n) is 3.19. The van der Waals surface area contributed by atoms with E-state index in [4.69, 9.17) is 4.74 Å². The van der Waals surface area contributed by atoms with Crippen LogP contribution in [0.5, 0.6) is 5.75 Å². The van der Waals surface area contributed by atoms with Gasteiger partial charge < -0.3 is 15.2 Å². The van der Waals surface area contributed by atoms with Gasteiger partial charge in [-0.1, -0.05) is 27.7 Å². The molecule has 0 unspecified atom stereocenters. The predicted molar refractivity (Wildman–Crippen MR) is 83.4 cm³/mol. The van der Waals surface area contributed by atoms with Crippen molar-refractivity contribution in [1.82, 2.24) is 5.32 Å². The lowest BCUT2D eigenvalue weighted by atomic mass is 10.2. The molecular weight excluding hydrogens is 290 g/mol. The first-order valence-electron chi connectivity index (χ1n) is 7.18. The van der Waals surface area contributed by atoms with Gasteiger partial charge in [0, 0.05) is 10.9 Å². The van der Waals surface area contributed by atoms with Crippen LogP contribution >= 0.6 is 11.3 Å². The number of rotatable bonds is 8. The van der Waals surface area contributed by atoms with Crippen LogP contribution in [0, 0.1) is 0 Å². The summed E-state index contributed by atoms with van der Waals surface area (Å²) in [6, 6.07) is 1.84. The summed E-state index contributed by atoms with van der Waals surface area (Å²) in [5.74, 6) is -0.751. The number of amides is 1. The van der Waals surface area contributed by atoms with Gasteiger partial charge in [-0.25, -0.2) is 4.79 Å². The summed E-state index contributed by atoms with van der Waals surface area (Å²) in [6.45, 7) is 7.82. The van der Waals surface area contributed by atoms with Gasteiger partial charge in [0.2, 0.25) is 0 Å². The van der Waals surface area contributed by atoms with Crippen molar-refractivity contribution in [2.75, 3.05) is 6.61 Å². The zero-order valence-electron chi connectivity index (χ0n) is 12.9. The van der Waals surface area contributed by atoms with Crippen LogP contribution in [0.3, 0.4) is 0 Å². The van der Waals surface area contributed by atoms with E-state index in [0.717, 1.165) is 17.7 Å². The Kier molecular flexibility index (Phi) is 6.68. The average Bonchev–Trinajstić information content (AvgIpc) is 2.87. The molecule has 0 aliphatic rings. The molecule has 0 saturated heterocycles. The molecule has 21 heavy (non-hydrogen) atoms. The van der Waals surface area contributed by atoms with E-state index in [-0.39, 0.29) is 35.1 Å². The number of aromatic carboxylic acids is 1. The standard InChI is InChI=1S/C15H23NO4S/c1-5-10(6-2)16-13(17)8-20-11-7-12(9(3)4)21-14(11)15(18)19/h7,9-10H,5-6,8H2,1-4H3,(H,16,17)(H,18,19). The molecule has 0 radical (unpaired) electrons. The van der Waals surface area contributed by atoms with Crippen LogP contribution in [0.4, 0.5) is 0 Å². The molecule has 5 nitrogen and oxygen atoms in total. The number of carboxylic acids is 1. The number of carboxylic acid groups (broad SMARTS) is 1. The molecule has 0 aliphatic heterocycles. The minimum atomic E-state index is -1.03. The first-order valence-corrected chi connectivity index (χ1v) is 7.99. The number of ether oxygens (including phenoxy) is 1. The molecule has 1 amide bonds. The van der Waals surface area contributed by atoms with Crippen molar-refractivity contribution in [3.8, 4) is 5.75 Å². The van der Waals surface area contributed by atoms with Crippen molar-refractivity contribution in [3.05, 3.63) is 15.8 Å². The molecule has 0 fully saturated rings. The van der Waals surface area contributed by atoms with Crippen LogP contribution in [-0.4, -0.2) is 29.6 Å². The lowest BCUT2D eigenvalue weighted by Gasteiger charge is -2.14. The second-order valence-electron chi connectivity index (χ2n) is 5.17. The molecular formula is C15H23NO4S. The van der Waals surface area contributed by atoms with Gasteiger partial charge in [-0.3, -0.25) is 4.79 Å². The quantitative estimate of drug-likeness (QED) is 0.772. The van der Waals surface area contributed by atoms with E-state index in [9.17, 15) is 14.7 Å². The maximum absolute atomic E-state index is 11.8. The average molecular weight is 313 g/mol. The summed E-state index contributed by atoms with van der Waals surface area (Å²) in [7, 11) is 0. The third-order valence-corrected chi connectivity index (χ3v) is 4.59. The summed E-state index contributed by atoms with van der Waals surface area (Å²) in [5, 5.41) is 12.0. The Hall–Kier alpha value is -1.56. The monoisotopic (exact) mass is 313 g/mol. The fourth-order valence-corrected chi connectivity index (χ4v) is 2.78. The fourth-order valence-electron chi connectivity index (χ4n) is 1.84. The molecule has 1 rings (SSSR count). The number of hydrogen-bond donors (Lipinski definition) is 2. The molecule has 0 bridgehead atoms. The largest absolute Gasteiger partial charge is 0.482 e. The molecule has 1 aromatic rings. The molecule has 0 saturated carbocycles. The van der Waals surface area contributed by atoms with E-state index >= 15 is 0 Å². The van der Waals surface area contributed by atoms with E-state index < -0.39 is 5.97 Å². The van der Waals surface area contributed by atoms with Crippen LogP contribution in [0.25, 0.3) is 0 Å². The maximum Gasteiger partial charge on any atom is 0.349 e. The maximum atomic E-state index is 11.8. The van der Waals surface area contributed by atoms with Crippen LogP contribution in [0.1, 0.15) is 61.0 Å². The Balaban J connectivity index is 2.70. The van der Waals surface area contributed by atoms with Crippen LogP contribution in [-0.2, 0) is 4.79 Å². The number of nitrogens with one attached hydrogen (secondary N) is 1. The third kappa shape index (κ3) is 5.04. The molecule has 0 spiro atoms. The van der Waals surface area contributed by atoms with E-state index in [0.29, 0.717) is 0 Å². The summed E-state index contributed by atoms with van der Waals surface area (Å²) >= 11 is 1.19. The Bertz CT molecular complexity index is 492. The number of thiophene rings is 1. The molecule has 6 heteroatoms. The summed E-state index contributed by atoms with van der Waals surface area (Å²) < 4.78 is 5.40. The zero-order valence-corrected chi connectivity index (χ0v) is 13.8. The minimum absolute atomic E-state index is 0.133. The van der Waals surface area contributed by atoms with Gasteiger partial charge in [0.05, 0.1) is 0 Å². The molecule has 1 aromatic heterocycles. The molecule has 1 heterocycles. The second kappa shape index (κ2) is 8.02. The minimum Gasteiger partial charge on any atom is -0.482 e. The van der Waals surface area contributed by atoms with Crippen LogP contribution < -0.4 is 10.1 Å². The second-order valence-corrected chi connectivity index (χ2v) is 6.26. The van der Waals surface area contributed by atoms with Gasteiger partial charge in [-0.15, -0.1) is 11.3 Å².